The fourth-order valence-corrected chi connectivity index (χ4v) is 5.97. The van der Waals surface area contributed by atoms with Crippen LogP contribution in [0.1, 0.15) is 41.5 Å². The Labute approximate surface area is 386 Å². The number of aliphatic imine (C=N–C) groups is 1. The lowest BCUT2D eigenvalue weighted by atomic mass is 10.1. The van der Waals surface area contributed by atoms with Crippen molar-refractivity contribution in [2.75, 3.05) is 26.3 Å². The lowest BCUT2D eigenvalue weighted by Crippen LogP contribution is -2.56. The summed E-state index contributed by atoms with van der Waals surface area (Å²) < 4.78 is 22.3. The molecule has 0 unspecified atom stereocenters. The van der Waals surface area contributed by atoms with Crippen molar-refractivity contribution >= 4 is 41.5 Å². The van der Waals surface area contributed by atoms with Gasteiger partial charge in [-0.3, -0.25) is 24.0 Å². The van der Waals surface area contributed by atoms with Crippen LogP contribution in [-0.4, -0.2) is 97.0 Å². The van der Waals surface area contributed by atoms with E-state index in [2.05, 4.69) is 26.3 Å². The number of ether oxygens (including phenoxy) is 4. The van der Waals surface area contributed by atoms with Crippen LogP contribution in [-0.2, 0) is 74.1 Å². The summed E-state index contributed by atoms with van der Waals surface area (Å²) in [6.45, 7) is -1.39. The number of nitro groups is 1. The second-order valence-corrected chi connectivity index (χ2v) is 14.8. The molecule has 4 amide bonds. The maximum absolute atomic E-state index is 13.9. The van der Waals surface area contributed by atoms with Crippen molar-refractivity contribution in [2.24, 2.45) is 16.5 Å². The number of carbonyl (C=O) groups is 6. The molecule has 0 aliphatic rings. The first kappa shape index (κ1) is 51.9. The van der Waals surface area contributed by atoms with Gasteiger partial charge in [0.1, 0.15) is 31.3 Å². The Hall–Kier alpha value is -7.75. The molecule has 0 fully saturated rings. The SMILES string of the molecule is NC(=NCCC[C@H](NC(=O)[C@@H](N)COCc1ccccc1)C(=O)NCC(=O)N[C@@H](CC(=O)OCc1ccccc1)C(=O)N[C@@H](COCc1ccccc1)C(=O)OCc1ccccc1)N[N+](=O)[O-]. The molecule has 67 heavy (non-hydrogen) atoms. The normalized spacial score (nSPS) is 12.8. The number of esters is 2. The Balaban J connectivity index is 1.44. The first-order valence-corrected chi connectivity index (χ1v) is 21.1. The van der Waals surface area contributed by atoms with E-state index in [9.17, 15) is 38.9 Å². The average Bonchev–Trinajstić information content (AvgIpc) is 3.33. The minimum absolute atomic E-state index is 0.0837. The van der Waals surface area contributed by atoms with E-state index in [1.807, 2.05) is 60.7 Å². The third-order valence-electron chi connectivity index (χ3n) is 9.43. The molecule has 0 aromatic heterocycles. The number of amides is 4. The van der Waals surface area contributed by atoms with E-state index in [4.69, 9.17) is 30.4 Å². The van der Waals surface area contributed by atoms with Crippen molar-refractivity contribution in [3.8, 4) is 0 Å². The van der Waals surface area contributed by atoms with E-state index in [1.165, 1.54) is 0 Å². The molecule has 4 aromatic rings. The monoisotopic (exact) mass is 925 g/mol. The van der Waals surface area contributed by atoms with Gasteiger partial charge >= 0.3 is 11.9 Å². The number of guanidine groups is 1. The Morgan fingerprint density at radius 1 is 0.612 bits per heavy atom. The largest absolute Gasteiger partial charge is 0.461 e. The second kappa shape index (κ2) is 28.9. The van der Waals surface area contributed by atoms with Crippen LogP contribution in [0.25, 0.3) is 0 Å². The van der Waals surface area contributed by atoms with Crippen LogP contribution >= 0.6 is 0 Å². The molecule has 0 aliphatic carbocycles. The first-order valence-electron chi connectivity index (χ1n) is 21.1. The van der Waals surface area contributed by atoms with Crippen LogP contribution in [0.4, 0.5) is 0 Å². The average molecular weight is 926 g/mol. The highest BCUT2D eigenvalue weighted by Crippen LogP contribution is 2.09. The molecule has 0 saturated heterocycles. The van der Waals surface area contributed by atoms with Gasteiger partial charge in [-0.25, -0.2) is 19.9 Å². The molecule has 21 heteroatoms. The highest BCUT2D eigenvalue weighted by atomic mass is 16.7. The number of benzene rings is 4. The predicted octanol–water partition coefficient (Wildman–Crippen LogP) is 1.07. The van der Waals surface area contributed by atoms with E-state index in [1.54, 1.807) is 66.1 Å². The number of rotatable bonds is 28. The van der Waals surface area contributed by atoms with Gasteiger partial charge in [0.25, 0.3) is 5.96 Å². The van der Waals surface area contributed by atoms with Gasteiger partial charge in [-0.2, -0.15) is 0 Å². The zero-order valence-corrected chi connectivity index (χ0v) is 36.6. The standard InChI is InChI=1S/C46H55N9O12/c47-36(30-64-26-32-14-5-1-6-15-32)42(58)52-37(22-13-23-49-46(48)54-55(62)63)43(59)50-25-40(56)51-38(24-41(57)66-28-34-18-9-3-10-19-34)44(60)53-39(31-65-27-33-16-7-2-8-17-33)45(61)67-29-35-20-11-4-12-21-35/h1-12,14-21,36-39H,13,22-31,47H2,(H,50,59)(H,51,56)(H,52,58)(H,53,60)(H3,48,49,54)/t36-,37-,38-,39-/m0/s1. The first-order chi connectivity index (χ1) is 32.4. The van der Waals surface area contributed by atoms with Crippen LogP contribution < -0.4 is 38.2 Å². The Morgan fingerprint density at radius 3 is 1.64 bits per heavy atom. The van der Waals surface area contributed by atoms with Crippen LogP contribution in [0.5, 0.6) is 0 Å². The molecule has 0 radical (unpaired) electrons. The molecule has 356 valence electrons. The summed E-state index contributed by atoms with van der Waals surface area (Å²) in [5, 5.41) is 19.7. The number of hydrogen-bond acceptors (Lipinski definition) is 14. The van der Waals surface area contributed by atoms with E-state index >= 15 is 0 Å². The van der Waals surface area contributed by atoms with E-state index in [0.717, 1.165) is 11.1 Å². The molecule has 0 saturated carbocycles. The van der Waals surface area contributed by atoms with Gasteiger partial charge in [0.05, 0.1) is 39.4 Å². The molecule has 0 bridgehead atoms. The van der Waals surface area contributed by atoms with Crippen LogP contribution in [0.3, 0.4) is 0 Å². The lowest BCUT2D eigenvalue weighted by Gasteiger charge is -2.23. The number of nitrogens with two attached hydrogens (primary N) is 2. The molecule has 21 nitrogen and oxygen atoms in total. The van der Waals surface area contributed by atoms with Crippen LogP contribution in [0.15, 0.2) is 126 Å². The van der Waals surface area contributed by atoms with Gasteiger partial charge in [-0.05, 0) is 35.1 Å². The van der Waals surface area contributed by atoms with Gasteiger partial charge < -0.3 is 51.7 Å². The number of hydrazine groups is 1. The molecular weight excluding hydrogens is 871 g/mol. The van der Waals surface area contributed by atoms with E-state index < -0.39 is 83.7 Å². The number of nitrogens with one attached hydrogen (secondary N) is 5. The highest BCUT2D eigenvalue weighted by molar-refractivity contribution is 5.95. The van der Waals surface area contributed by atoms with Crippen LogP contribution in [0.2, 0.25) is 0 Å². The van der Waals surface area contributed by atoms with Crippen molar-refractivity contribution in [3.05, 3.63) is 154 Å². The van der Waals surface area contributed by atoms with Crippen molar-refractivity contribution in [3.63, 3.8) is 0 Å². The number of nitrogens with zero attached hydrogens (tertiary/aromatic N) is 2. The molecule has 0 aliphatic heterocycles. The molecule has 4 rings (SSSR count). The van der Waals surface area contributed by atoms with Crippen LogP contribution in [0, 0.1) is 10.1 Å². The molecule has 9 N–H and O–H groups in total. The predicted molar refractivity (Wildman–Crippen MR) is 242 cm³/mol. The summed E-state index contributed by atoms with van der Waals surface area (Å²) in [4.78, 5) is 95.1. The molecule has 0 heterocycles. The molecule has 0 spiro atoms. The summed E-state index contributed by atoms with van der Waals surface area (Å²) in [5.41, 5.74) is 16.2. The summed E-state index contributed by atoms with van der Waals surface area (Å²) in [7, 11) is 0. The lowest BCUT2D eigenvalue weighted by molar-refractivity contribution is -0.525. The summed E-state index contributed by atoms with van der Waals surface area (Å²) >= 11 is 0. The Kier molecular flexibility index (Phi) is 22.4. The summed E-state index contributed by atoms with van der Waals surface area (Å²) in [6.07, 6.45) is -0.687. The van der Waals surface area contributed by atoms with Crippen molar-refractivity contribution < 1.29 is 52.7 Å². The molecule has 4 aromatic carbocycles. The minimum atomic E-state index is -1.63. The van der Waals surface area contributed by atoms with E-state index in [-0.39, 0.29) is 59.0 Å². The smallest absolute Gasteiger partial charge is 0.331 e. The summed E-state index contributed by atoms with van der Waals surface area (Å²) in [6, 6.07) is 30.2. The third kappa shape index (κ3) is 20.7. The quantitative estimate of drug-likeness (QED) is 0.0105. The van der Waals surface area contributed by atoms with E-state index in [0.29, 0.717) is 11.1 Å². The Morgan fingerprint density at radius 2 is 1.10 bits per heavy atom. The minimum Gasteiger partial charge on any atom is -0.461 e. The summed E-state index contributed by atoms with van der Waals surface area (Å²) in [5.74, 6) is -5.73. The van der Waals surface area contributed by atoms with Crippen molar-refractivity contribution in [1.29, 1.82) is 0 Å². The molecular formula is C46H55N9O12. The van der Waals surface area contributed by atoms with Gasteiger partial charge in [-0.1, -0.05) is 127 Å². The maximum Gasteiger partial charge on any atom is 0.331 e. The number of carbonyl (C=O) groups excluding carboxylic acids is 6. The van der Waals surface area contributed by atoms with Crippen molar-refractivity contribution in [1.82, 2.24) is 26.7 Å². The fourth-order valence-electron chi connectivity index (χ4n) is 5.97. The van der Waals surface area contributed by atoms with Gasteiger partial charge in [-0.15, -0.1) is 0 Å². The van der Waals surface area contributed by atoms with Gasteiger partial charge in [0.15, 0.2) is 11.1 Å². The third-order valence-corrected chi connectivity index (χ3v) is 9.43. The second-order valence-electron chi connectivity index (χ2n) is 14.8. The topological polar surface area (TPSA) is 307 Å². The maximum atomic E-state index is 13.9. The zero-order valence-electron chi connectivity index (χ0n) is 36.6. The van der Waals surface area contributed by atoms with Gasteiger partial charge in [0.2, 0.25) is 23.6 Å². The fraction of sp³-hybridized carbons (Fsp3) is 0.326. The zero-order chi connectivity index (χ0) is 48.2. The number of hydrogen-bond donors (Lipinski definition) is 7. The van der Waals surface area contributed by atoms with Gasteiger partial charge in [0, 0.05) is 6.54 Å². The van der Waals surface area contributed by atoms with Crippen molar-refractivity contribution in [2.45, 2.75) is 69.9 Å². The Bertz CT molecular complexity index is 2220. The molecule has 4 atom stereocenters. The highest BCUT2D eigenvalue weighted by Gasteiger charge is 2.31.